The monoisotopic (exact) mass is 292 g/mol. The molecule has 1 rings (SSSR count). The highest BCUT2D eigenvalue weighted by atomic mass is 35.5. The van der Waals surface area contributed by atoms with Crippen LogP contribution in [0.5, 0.6) is 5.75 Å². The lowest BCUT2D eigenvalue weighted by molar-refractivity contribution is 0.0812. The zero-order valence-corrected chi connectivity index (χ0v) is 12.1. The zero-order valence-electron chi connectivity index (χ0n) is 10.6. The summed E-state index contributed by atoms with van der Waals surface area (Å²) in [7, 11) is 0. The molecule has 0 radical (unpaired) electrons. The van der Waals surface area contributed by atoms with E-state index in [0.717, 1.165) is 0 Å². The predicted octanol–water partition coefficient (Wildman–Crippen LogP) is 3.54. The molecular formula is C13H18Cl2O3. The number of benzene rings is 1. The molecule has 0 fully saturated rings. The van der Waals surface area contributed by atoms with E-state index in [4.69, 9.17) is 32.7 Å². The van der Waals surface area contributed by atoms with Gasteiger partial charge in [-0.3, -0.25) is 0 Å². The molecular weight excluding hydrogens is 275 g/mol. The summed E-state index contributed by atoms with van der Waals surface area (Å²) in [6.07, 6.45) is 0. The Kier molecular flexibility index (Phi) is 6.79. The lowest BCUT2D eigenvalue weighted by Gasteiger charge is -2.13. The molecule has 18 heavy (non-hydrogen) atoms. The summed E-state index contributed by atoms with van der Waals surface area (Å²) < 4.78 is 10.9. The summed E-state index contributed by atoms with van der Waals surface area (Å²) in [4.78, 5) is 0. The van der Waals surface area contributed by atoms with Gasteiger partial charge in [0.05, 0.1) is 18.2 Å². The van der Waals surface area contributed by atoms with Crippen molar-refractivity contribution in [1.29, 1.82) is 0 Å². The number of ether oxygens (including phenoxy) is 2. The minimum Gasteiger partial charge on any atom is -0.489 e. The van der Waals surface area contributed by atoms with E-state index < -0.39 is 0 Å². The Morgan fingerprint density at radius 1 is 1.22 bits per heavy atom. The maximum absolute atomic E-state index is 9.21. The second kappa shape index (κ2) is 7.85. The summed E-state index contributed by atoms with van der Waals surface area (Å²) in [5, 5.41) is 10.1. The van der Waals surface area contributed by atoms with E-state index in [1.54, 1.807) is 12.1 Å². The second-order valence-corrected chi connectivity index (χ2v) is 5.19. The van der Waals surface area contributed by atoms with Crippen molar-refractivity contribution in [3.63, 3.8) is 0 Å². The van der Waals surface area contributed by atoms with Gasteiger partial charge >= 0.3 is 0 Å². The van der Waals surface area contributed by atoms with Gasteiger partial charge in [0.1, 0.15) is 12.4 Å². The molecule has 1 N–H and O–H groups in total. The molecule has 0 aliphatic rings. The van der Waals surface area contributed by atoms with E-state index >= 15 is 0 Å². The third kappa shape index (κ3) is 5.02. The quantitative estimate of drug-likeness (QED) is 0.781. The van der Waals surface area contributed by atoms with Crippen LogP contribution in [-0.2, 0) is 11.3 Å². The summed E-state index contributed by atoms with van der Waals surface area (Å²) in [5.41, 5.74) is 0.580. The number of hydrogen-bond acceptors (Lipinski definition) is 3. The molecule has 0 aliphatic heterocycles. The maximum Gasteiger partial charge on any atom is 0.143 e. The predicted molar refractivity (Wildman–Crippen MR) is 73.5 cm³/mol. The normalized spacial score (nSPS) is 11.0. The molecule has 0 amide bonds. The van der Waals surface area contributed by atoms with Crippen molar-refractivity contribution in [2.75, 3.05) is 19.8 Å². The molecule has 0 aromatic heterocycles. The van der Waals surface area contributed by atoms with Gasteiger partial charge < -0.3 is 14.6 Å². The zero-order chi connectivity index (χ0) is 13.5. The van der Waals surface area contributed by atoms with Crippen LogP contribution in [0.3, 0.4) is 0 Å². The molecule has 0 atom stereocenters. The summed E-state index contributed by atoms with van der Waals surface area (Å²) in [5.74, 6) is 0.967. The van der Waals surface area contributed by atoms with Crippen molar-refractivity contribution < 1.29 is 14.6 Å². The Balaban J connectivity index is 2.51. The first-order chi connectivity index (χ1) is 8.54. The van der Waals surface area contributed by atoms with Crippen LogP contribution < -0.4 is 4.74 Å². The van der Waals surface area contributed by atoms with Gasteiger partial charge in [-0.15, -0.1) is 0 Å². The first kappa shape index (κ1) is 15.6. The molecule has 0 spiro atoms. The van der Waals surface area contributed by atoms with Gasteiger partial charge in [-0.05, 0) is 18.1 Å². The molecule has 0 bridgehead atoms. The first-order valence-electron chi connectivity index (χ1n) is 5.84. The van der Waals surface area contributed by atoms with Gasteiger partial charge in [0.15, 0.2) is 0 Å². The molecule has 3 nitrogen and oxygen atoms in total. The Labute approximate surface area is 118 Å². The molecule has 0 heterocycles. The van der Waals surface area contributed by atoms with Gasteiger partial charge in [0, 0.05) is 17.2 Å². The van der Waals surface area contributed by atoms with E-state index in [9.17, 15) is 5.11 Å². The lowest BCUT2D eigenvalue weighted by atomic mass is 10.2. The third-order valence-corrected chi connectivity index (χ3v) is 2.68. The SMILES string of the molecule is CC(C)COCCOc1c(Cl)cc(Cl)cc1CO. The Bertz CT molecular complexity index is 381. The van der Waals surface area contributed by atoms with Crippen LogP contribution >= 0.6 is 23.2 Å². The van der Waals surface area contributed by atoms with Crippen molar-refractivity contribution in [2.45, 2.75) is 20.5 Å². The molecule has 1 aromatic rings. The van der Waals surface area contributed by atoms with Gasteiger partial charge in [-0.1, -0.05) is 37.0 Å². The van der Waals surface area contributed by atoms with Gasteiger partial charge in [-0.25, -0.2) is 0 Å². The molecule has 102 valence electrons. The lowest BCUT2D eigenvalue weighted by Crippen LogP contribution is -2.11. The van der Waals surface area contributed by atoms with E-state index in [1.807, 2.05) is 0 Å². The Morgan fingerprint density at radius 2 is 1.94 bits per heavy atom. The summed E-state index contributed by atoms with van der Waals surface area (Å²) >= 11 is 11.9. The van der Waals surface area contributed by atoms with E-state index in [2.05, 4.69) is 13.8 Å². The summed E-state index contributed by atoms with van der Waals surface area (Å²) in [6, 6.07) is 3.23. The Morgan fingerprint density at radius 3 is 2.56 bits per heavy atom. The molecule has 5 heteroatoms. The summed E-state index contributed by atoms with van der Waals surface area (Å²) in [6.45, 7) is 5.58. The number of rotatable bonds is 7. The first-order valence-corrected chi connectivity index (χ1v) is 6.59. The molecule has 0 saturated heterocycles. The smallest absolute Gasteiger partial charge is 0.143 e. The van der Waals surface area contributed by atoms with Crippen LogP contribution in [0.2, 0.25) is 10.0 Å². The fraction of sp³-hybridized carbons (Fsp3) is 0.538. The van der Waals surface area contributed by atoms with E-state index in [-0.39, 0.29) is 6.61 Å². The topological polar surface area (TPSA) is 38.7 Å². The highest BCUT2D eigenvalue weighted by molar-refractivity contribution is 6.35. The highest BCUT2D eigenvalue weighted by Gasteiger charge is 2.10. The van der Waals surface area contributed by atoms with Crippen molar-refractivity contribution in [2.24, 2.45) is 5.92 Å². The largest absolute Gasteiger partial charge is 0.489 e. The minimum absolute atomic E-state index is 0.164. The second-order valence-electron chi connectivity index (χ2n) is 4.35. The number of halogens is 2. The van der Waals surface area contributed by atoms with E-state index in [1.165, 1.54) is 0 Å². The molecule has 1 aromatic carbocycles. The molecule has 0 saturated carbocycles. The highest BCUT2D eigenvalue weighted by Crippen LogP contribution is 2.32. The average molecular weight is 293 g/mol. The van der Waals surface area contributed by atoms with Crippen LogP contribution in [0, 0.1) is 5.92 Å². The van der Waals surface area contributed by atoms with Gasteiger partial charge in [-0.2, -0.15) is 0 Å². The standard InChI is InChI=1S/C13H18Cl2O3/c1-9(2)8-17-3-4-18-13-10(7-16)5-11(14)6-12(13)15/h5-6,9,16H,3-4,7-8H2,1-2H3. The van der Waals surface area contributed by atoms with Crippen LogP contribution in [-0.4, -0.2) is 24.9 Å². The number of aliphatic hydroxyl groups is 1. The van der Waals surface area contributed by atoms with Crippen LogP contribution in [0.1, 0.15) is 19.4 Å². The molecule has 0 unspecified atom stereocenters. The van der Waals surface area contributed by atoms with Crippen LogP contribution in [0.25, 0.3) is 0 Å². The average Bonchev–Trinajstić information content (AvgIpc) is 2.30. The fourth-order valence-corrected chi connectivity index (χ4v) is 2.00. The minimum atomic E-state index is -0.164. The van der Waals surface area contributed by atoms with Crippen LogP contribution in [0.4, 0.5) is 0 Å². The number of aliphatic hydroxyl groups excluding tert-OH is 1. The van der Waals surface area contributed by atoms with Gasteiger partial charge in [0.2, 0.25) is 0 Å². The van der Waals surface area contributed by atoms with Crippen molar-refractivity contribution >= 4 is 23.2 Å². The Hall–Kier alpha value is -0.480. The fourth-order valence-electron chi connectivity index (χ4n) is 1.41. The van der Waals surface area contributed by atoms with E-state index in [0.29, 0.717) is 47.1 Å². The van der Waals surface area contributed by atoms with Crippen LogP contribution in [0.15, 0.2) is 12.1 Å². The van der Waals surface area contributed by atoms with Crippen molar-refractivity contribution in [1.82, 2.24) is 0 Å². The van der Waals surface area contributed by atoms with Crippen molar-refractivity contribution in [3.8, 4) is 5.75 Å². The molecule has 0 aliphatic carbocycles. The van der Waals surface area contributed by atoms with Gasteiger partial charge in [0.25, 0.3) is 0 Å². The van der Waals surface area contributed by atoms with Crippen molar-refractivity contribution in [3.05, 3.63) is 27.7 Å². The maximum atomic E-state index is 9.21. The third-order valence-electron chi connectivity index (χ3n) is 2.18. The number of hydrogen-bond donors (Lipinski definition) is 1.